The molecule has 17 heavy (non-hydrogen) atoms. The van der Waals surface area contributed by atoms with Crippen LogP contribution >= 0.6 is 11.8 Å². The monoisotopic (exact) mass is 245 g/mol. The van der Waals surface area contributed by atoms with E-state index in [4.69, 9.17) is 5.73 Å². The van der Waals surface area contributed by atoms with E-state index in [1.807, 2.05) is 36.5 Å². The molecule has 2 aromatic heterocycles. The Balaban J connectivity index is 2.08. The first-order valence-corrected chi connectivity index (χ1v) is 6.41. The van der Waals surface area contributed by atoms with Crippen molar-refractivity contribution in [3.8, 4) is 0 Å². The average molecular weight is 245 g/mol. The van der Waals surface area contributed by atoms with Gasteiger partial charge in [0.15, 0.2) is 0 Å². The maximum absolute atomic E-state index is 5.92. The van der Waals surface area contributed by atoms with Crippen LogP contribution in [0.3, 0.4) is 0 Å². The van der Waals surface area contributed by atoms with Crippen LogP contribution in [-0.4, -0.2) is 9.97 Å². The van der Waals surface area contributed by atoms with Crippen molar-refractivity contribution in [3.05, 3.63) is 48.4 Å². The zero-order valence-corrected chi connectivity index (χ0v) is 10.5. The molecule has 0 saturated heterocycles. The van der Waals surface area contributed by atoms with Gasteiger partial charge in [-0.2, -0.15) is 0 Å². The molecule has 3 nitrogen and oxygen atoms in total. The lowest BCUT2D eigenvalue weighted by Crippen LogP contribution is -2.10. The van der Waals surface area contributed by atoms with Crippen molar-refractivity contribution < 1.29 is 0 Å². The van der Waals surface area contributed by atoms with Crippen molar-refractivity contribution in [2.24, 2.45) is 5.73 Å². The topological polar surface area (TPSA) is 51.8 Å². The number of hydrogen-bond donors (Lipinski definition) is 1. The lowest BCUT2D eigenvalue weighted by Gasteiger charge is -2.08. The fraction of sp³-hybridized carbons (Fsp3) is 0.231. The van der Waals surface area contributed by atoms with Gasteiger partial charge < -0.3 is 5.73 Å². The van der Waals surface area contributed by atoms with Gasteiger partial charge in [-0.3, -0.25) is 4.98 Å². The second-order valence-electron chi connectivity index (χ2n) is 3.70. The number of hydrogen-bond acceptors (Lipinski definition) is 4. The van der Waals surface area contributed by atoms with Crippen molar-refractivity contribution in [2.75, 3.05) is 0 Å². The Morgan fingerprint density at radius 3 is 2.71 bits per heavy atom. The van der Waals surface area contributed by atoms with Gasteiger partial charge in [-0.05, 0) is 30.7 Å². The van der Waals surface area contributed by atoms with Crippen LogP contribution in [0.5, 0.6) is 0 Å². The SMILES string of the molecule is CCC(N)c1ccc(Sc2ccccn2)cn1. The lowest BCUT2D eigenvalue weighted by atomic mass is 10.1. The minimum Gasteiger partial charge on any atom is -0.323 e. The molecule has 2 rings (SSSR count). The maximum atomic E-state index is 5.92. The van der Waals surface area contributed by atoms with E-state index in [0.717, 1.165) is 22.0 Å². The highest BCUT2D eigenvalue weighted by atomic mass is 32.2. The average Bonchev–Trinajstić information content (AvgIpc) is 2.40. The van der Waals surface area contributed by atoms with E-state index in [1.165, 1.54) is 0 Å². The molecule has 1 unspecified atom stereocenters. The first-order chi connectivity index (χ1) is 8.29. The van der Waals surface area contributed by atoms with Crippen LogP contribution in [0, 0.1) is 0 Å². The normalized spacial score (nSPS) is 12.4. The predicted octanol–water partition coefficient (Wildman–Crippen LogP) is 3.04. The lowest BCUT2D eigenvalue weighted by molar-refractivity contribution is 0.674. The second-order valence-corrected chi connectivity index (χ2v) is 4.80. The molecule has 0 aliphatic carbocycles. The van der Waals surface area contributed by atoms with Crippen molar-refractivity contribution in [2.45, 2.75) is 29.3 Å². The molecular formula is C13H15N3S. The Kier molecular flexibility index (Phi) is 4.12. The number of nitrogens with zero attached hydrogens (tertiary/aromatic N) is 2. The number of aromatic nitrogens is 2. The van der Waals surface area contributed by atoms with Gasteiger partial charge in [-0.1, -0.05) is 24.8 Å². The molecule has 2 heterocycles. The summed E-state index contributed by atoms with van der Waals surface area (Å²) in [7, 11) is 0. The third-order valence-electron chi connectivity index (χ3n) is 2.44. The molecule has 88 valence electrons. The number of rotatable bonds is 4. The molecule has 0 spiro atoms. The largest absolute Gasteiger partial charge is 0.323 e. The molecule has 4 heteroatoms. The molecule has 0 aliphatic rings. The van der Waals surface area contributed by atoms with Gasteiger partial charge in [-0.15, -0.1) is 0 Å². The third kappa shape index (κ3) is 3.28. The predicted molar refractivity (Wildman–Crippen MR) is 69.8 cm³/mol. The van der Waals surface area contributed by atoms with Crippen LogP contribution < -0.4 is 5.73 Å². The molecule has 2 N–H and O–H groups in total. The summed E-state index contributed by atoms with van der Waals surface area (Å²) in [5.74, 6) is 0. The fourth-order valence-corrected chi connectivity index (χ4v) is 2.15. The van der Waals surface area contributed by atoms with Gasteiger partial charge in [0.2, 0.25) is 0 Å². The summed E-state index contributed by atoms with van der Waals surface area (Å²) in [6.45, 7) is 2.06. The Bertz CT molecular complexity index is 456. The van der Waals surface area contributed by atoms with Gasteiger partial charge in [-0.25, -0.2) is 4.98 Å². The van der Waals surface area contributed by atoms with Gasteiger partial charge in [0.25, 0.3) is 0 Å². The van der Waals surface area contributed by atoms with E-state index >= 15 is 0 Å². The minimum absolute atomic E-state index is 0.0314. The zero-order valence-electron chi connectivity index (χ0n) is 9.71. The summed E-state index contributed by atoms with van der Waals surface area (Å²) in [4.78, 5) is 9.71. The van der Waals surface area contributed by atoms with E-state index in [0.29, 0.717) is 0 Å². The highest BCUT2D eigenvalue weighted by Gasteiger charge is 2.05. The van der Waals surface area contributed by atoms with E-state index in [1.54, 1.807) is 18.0 Å². The van der Waals surface area contributed by atoms with Gasteiger partial charge in [0.1, 0.15) is 5.03 Å². The van der Waals surface area contributed by atoms with Crippen LogP contribution in [0.4, 0.5) is 0 Å². The standard InChI is InChI=1S/C13H15N3S/c1-2-11(14)12-7-6-10(9-16-12)17-13-5-3-4-8-15-13/h3-9,11H,2,14H2,1H3. The Labute approximate surface area is 105 Å². The number of pyridine rings is 2. The first-order valence-electron chi connectivity index (χ1n) is 5.60. The Morgan fingerprint density at radius 1 is 1.24 bits per heavy atom. The molecule has 0 radical (unpaired) electrons. The number of nitrogens with two attached hydrogens (primary N) is 1. The van der Waals surface area contributed by atoms with Gasteiger partial charge in [0, 0.05) is 23.3 Å². The summed E-state index contributed by atoms with van der Waals surface area (Å²) >= 11 is 1.60. The summed E-state index contributed by atoms with van der Waals surface area (Å²) in [5, 5.41) is 0.974. The van der Waals surface area contributed by atoms with Gasteiger partial charge >= 0.3 is 0 Å². The molecule has 0 aromatic carbocycles. The van der Waals surface area contributed by atoms with E-state index in [2.05, 4.69) is 16.9 Å². The summed E-state index contributed by atoms with van der Waals surface area (Å²) in [5.41, 5.74) is 6.86. The highest BCUT2D eigenvalue weighted by molar-refractivity contribution is 7.99. The summed E-state index contributed by atoms with van der Waals surface area (Å²) < 4.78 is 0. The minimum atomic E-state index is 0.0314. The van der Waals surface area contributed by atoms with E-state index < -0.39 is 0 Å². The summed E-state index contributed by atoms with van der Waals surface area (Å²) in [6, 6.07) is 9.92. The zero-order chi connectivity index (χ0) is 12.1. The molecule has 0 amide bonds. The van der Waals surface area contributed by atoms with Crippen molar-refractivity contribution in [1.82, 2.24) is 9.97 Å². The van der Waals surface area contributed by atoms with Crippen molar-refractivity contribution in [1.29, 1.82) is 0 Å². The summed E-state index contributed by atoms with van der Waals surface area (Å²) in [6.07, 6.45) is 4.54. The quantitative estimate of drug-likeness (QED) is 0.899. The van der Waals surface area contributed by atoms with E-state index in [9.17, 15) is 0 Å². The van der Waals surface area contributed by atoms with E-state index in [-0.39, 0.29) is 6.04 Å². The van der Waals surface area contributed by atoms with Crippen LogP contribution in [0.25, 0.3) is 0 Å². The molecule has 0 fully saturated rings. The molecule has 2 aromatic rings. The molecule has 0 aliphatic heterocycles. The van der Waals surface area contributed by atoms with Crippen LogP contribution in [0.1, 0.15) is 25.1 Å². The van der Waals surface area contributed by atoms with Gasteiger partial charge in [0.05, 0.1) is 5.69 Å². The smallest absolute Gasteiger partial charge is 0.101 e. The molecular weight excluding hydrogens is 230 g/mol. The fourth-order valence-electron chi connectivity index (χ4n) is 1.41. The van der Waals surface area contributed by atoms with Crippen LogP contribution in [-0.2, 0) is 0 Å². The Morgan fingerprint density at radius 2 is 2.12 bits per heavy atom. The van der Waals surface area contributed by atoms with Crippen molar-refractivity contribution in [3.63, 3.8) is 0 Å². The van der Waals surface area contributed by atoms with Crippen molar-refractivity contribution >= 4 is 11.8 Å². The van der Waals surface area contributed by atoms with Crippen LogP contribution in [0.2, 0.25) is 0 Å². The van der Waals surface area contributed by atoms with Crippen LogP contribution in [0.15, 0.2) is 52.6 Å². The first kappa shape index (κ1) is 12.1. The Hall–Kier alpha value is -1.39. The second kappa shape index (κ2) is 5.80. The maximum Gasteiger partial charge on any atom is 0.101 e. The molecule has 1 atom stereocenters. The third-order valence-corrected chi connectivity index (χ3v) is 3.37. The molecule has 0 bridgehead atoms. The highest BCUT2D eigenvalue weighted by Crippen LogP contribution is 2.25. The molecule has 0 saturated carbocycles.